The van der Waals surface area contributed by atoms with E-state index in [-0.39, 0.29) is 10.6 Å². The lowest BCUT2D eigenvalue weighted by atomic mass is 10.1. The van der Waals surface area contributed by atoms with Crippen molar-refractivity contribution in [1.29, 1.82) is 0 Å². The molecule has 0 spiro atoms. The Morgan fingerprint density at radius 2 is 2.00 bits per heavy atom. The largest absolute Gasteiger partial charge is 0.324 e. The van der Waals surface area contributed by atoms with Gasteiger partial charge in [0.2, 0.25) is 0 Å². The number of piperidine rings is 1. The van der Waals surface area contributed by atoms with Gasteiger partial charge in [0.15, 0.2) is 0 Å². The van der Waals surface area contributed by atoms with Crippen molar-refractivity contribution < 1.29 is 14.5 Å². The molecule has 1 aliphatic rings. The van der Waals surface area contributed by atoms with Crippen LogP contribution >= 0.6 is 11.3 Å². The molecule has 0 radical (unpaired) electrons. The van der Waals surface area contributed by atoms with Crippen LogP contribution in [0.2, 0.25) is 0 Å². The number of nitro groups is 1. The van der Waals surface area contributed by atoms with Gasteiger partial charge < -0.3 is 4.90 Å². The summed E-state index contributed by atoms with van der Waals surface area (Å²) >= 11 is 0.864. The van der Waals surface area contributed by atoms with Gasteiger partial charge in [-0.1, -0.05) is 11.3 Å². The van der Waals surface area contributed by atoms with E-state index in [1.807, 2.05) is 0 Å². The molecule has 1 saturated heterocycles. The van der Waals surface area contributed by atoms with Gasteiger partial charge in [0.1, 0.15) is 0 Å². The van der Waals surface area contributed by atoms with Crippen LogP contribution in [-0.4, -0.2) is 34.9 Å². The van der Waals surface area contributed by atoms with Gasteiger partial charge in [-0.25, -0.2) is 4.79 Å². The minimum absolute atomic E-state index is 0.115. The number of likely N-dealkylation sites (tertiary alicyclic amines) is 1. The molecule has 1 aromatic rings. The molecule has 8 heteroatoms. The molecule has 2 heterocycles. The van der Waals surface area contributed by atoms with Crippen LogP contribution in [0, 0.1) is 10.1 Å². The Balaban J connectivity index is 1.95. The zero-order chi connectivity index (χ0) is 13.8. The molecule has 7 nitrogen and oxygen atoms in total. The lowest BCUT2D eigenvalue weighted by Crippen LogP contribution is -2.45. The van der Waals surface area contributed by atoms with E-state index < -0.39 is 16.9 Å². The van der Waals surface area contributed by atoms with Gasteiger partial charge in [0.25, 0.3) is 5.91 Å². The van der Waals surface area contributed by atoms with Crippen LogP contribution in [0.3, 0.4) is 0 Å². The number of rotatable bonds is 2. The van der Waals surface area contributed by atoms with E-state index in [0.717, 1.165) is 30.6 Å². The summed E-state index contributed by atoms with van der Waals surface area (Å²) in [6.07, 6.45) is 2.96. The Morgan fingerprint density at radius 3 is 2.58 bits per heavy atom. The number of hydrogen-bond acceptors (Lipinski definition) is 5. The summed E-state index contributed by atoms with van der Waals surface area (Å²) in [5, 5.41) is 14.0. The number of thiophene rings is 1. The maximum Gasteiger partial charge on any atom is 0.324 e. The summed E-state index contributed by atoms with van der Waals surface area (Å²) in [5.74, 6) is -0.597. The maximum absolute atomic E-state index is 11.8. The fourth-order valence-corrected chi connectivity index (χ4v) is 2.59. The van der Waals surface area contributed by atoms with E-state index in [4.69, 9.17) is 0 Å². The van der Waals surface area contributed by atoms with E-state index in [2.05, 4.69) is 5.32 Å². The molecule has 1 aliphatic heterocycles. The fourth-order valence-electron chi connectivity index (χ4n) is 1.89. The topological polar surface area (TPSA) is 92.6 Å². The van der Waals surface area contributed by atoms with Crippen molar-refractivity contribution in [2.75, 3.05) is 13.1 Å². The first-order valence-corrected chi connectivity index (χ1v) is 6.79. The average Bonchev–Trinajstić information content (AvgIpc) is 2.89. The minimum atomic E-state index is -0.597. The van der Waals surface area contributed by atoms with E-state index in [0.29, 0.717) is 13.1 Å². The Bertz CT molecular complexity index is 508. The summed E-state index contributed by atoms with van der Waals surface area (Å²) in [7, 11) is 0. The number of hydrogen-bond donors (Lipinski definition) is 1. The predicted molar refractivity (Wildman–Crippen MR) is 69.3 cm³/mol. The van der Waals surface area contributed by atoms with Crippen LogP contribution in [0.4, 0.5) is 9.80 Å². The van der Waals surface area contributed by atoms with Crippen LogP contribution in [0.1, 0.15) is 29.6 Å². The molecule has 19 heavy (non-hydrogen) atoms. The monoisotopic (exact) mass is 283 g/mol. The first-order valence-electron chi connectivity index (χ1n) is 5.91. The molecule has 0 unspecified atom stereocenters. The number of urea groups is 1. The van der Waals surface area contributed by atoms with E-state index in [1.165, 1.54) is 11.4 Å². The molecule has 102 valence electrons. The Morgan fingerprint density at radius 1 is 1.32 bits per heavy atom. The average molecular weight is 283 g/mol. The second-order valence-electron chi connectivity index (χ2n) is 4.24. The predicted octanol–water partition coefficient (Wildman–Crippen LogP) is 1.99. The smallest absolute Gasteiger partial charge is 0.324 e. The van der Waals surface area contributed by atoms with E-state index >= 15 is 0 Å². The van der Waals surface area contributed by atoms with Gasteiger partial charge >= 0.3 is 11.0 Å². The Hall–Kier alpha value is -1.96. The second-order valence-corrected chi connectivity index (χ2v) is 5.13. The number of amides is 3. The summed E-state index contributed by atoms with van der Waals surface area (Å²) in [4.78, 5) is 35.1. The van der Waals surface area contributed by atoms with Crippen molar-refractivity contribution in [2.24, 2.45) is 0 Å². The van der Waals surface area contributed by atoms with Gasteiger partial charge in [-0.05, 0) is 19.3 Å². The third-order valence-corrected chi connectivity index (χ3v) is 3.77. The molecular weight excluding hydrogens is 270 g/mol. The number of nitrogens with zero attached hydrogens (tertiary/aromatic N) is 2. The summed E-state index contributed by atoms with van der Waals surface area (Å²) < 4.78 is 0. The molecule has 2 rings (SSSR count). The molecule has 0 aromatic carbocycles. The normalized spacial score (nSPS) is 15.1. The molecule has 3 amide bonds. The lowest BCUT2D eigenvalue weighted by molar-refractivity contribution is -0.380. The van der Waals surface area contributed by atoms with E-state index in [9.17, 15) is 19.7 Å². The lowest BCUT2D eigenvalue weighted by Gasteiger charge is -2.26. The number of imide groups is 1. The van der Waals surface area contributed by atoms with Gasteiger partial charge in [-0.15, -0.1) is 0 Å². The molecule has 1 aromatic heterocycles. The first kappa shape index (κ1) is 13.5. The highest BCUT2D eigenvalue weighted by molar-refractivity contribution is 7.13. The van der Waals surface area contributed by atoms with Crippen LogP contribution in [0.15, 0.2) is 11.4 Å². The van der Waals surface area contributed by atoms with Crippen molar-refractivity contribution in [3.05, 3.63) is 27.1 Å². The van der Waals surface area contributed by atoms with Crippen LogP contribution in [0.5, 0.6) is 0 Å². The molecule has 0 atom stereocenters. The first-order chi connectivity index (χ1) is 9.08. The quantitative estimate of drug-likeness (QED) is 0.663. The van der Waals surface area contributed by atoms with Crippen molar-refractivity contribution in [3.63, 3.8) is 0 Å². The third kappa shape index (κ3) is 3.28. The molecule has 1 fully saturated rings. The van der Waals surface area contributed by atoms with Crippen LogP contribution < -0.4 is 5.32 Å². The molecular formula is C11H13N3O4S. The van der Waals surface area contributed by atoms with Gasteiger partial charge in [0, 0.05) is 24.5 Å². The van der Waals surface area contributed by atoms with Crippen molar-refractivity contribution in [3.8, 4) is 0 Å². The summed E-state index contributed by atoms with van der Waals surface area (Å²) in [6, 6.07) is 0.738. The van der Waals surface area contributed by atoms with Gasteiger partial charge in [0.05, 0.1) is 10.5 Å². The van der Waals surface area contributed by atoms with Crippen molar-refractivity contribution in [1.82, 2.24) is 10.2 Å². The van der Waals surface area contributed by atoms with Crippen LogP contribution in [0.25, 0.3) is 0 Å². The third-order valence-electron chi connectivity index (χ3n) is 2.89. The highest BCUT2D eigenvalue weighted by Crippen LogP contribution is 2.22. The highest BCUT2D eigenvalue weighted by Gasteiger charge is 2.21. The summed E-state index contributed by atoms with van der Waals surface area (Å²) in [6.45, 7) is 1.28. The Kier molecular flexibility index (Phi) is 4.10. The van der Waals surface area contributed by atoms with Crippen molar-refractivity contribution >= 4 is 28.3 Å². The van der Waals surface area contributed by atoms with Gasteiger partial charge in [-0.3, -0.25) is 20.2 Å². The molecule has 0 aliphatic carbocycles. The number of carbonyl (C=O) groups excluding carboxylic acids is 2. The molecule has 1 N–H and O–H groups in total. The minimum Gasteiger partial charge on any atom is -0.324 e. The highest BCUT2D eigenvalue weighted by atomic mass is 32.1. The SMILES string of the molecule is O=C(NC(=O)N1CCCCC1)c1csc([N+](=O)[O-])c1. The maximum atomic E-state index is 11.8. The Labute approximate surface area is 113 Å². The van der Waals surface area contributed by atoms with E-state index in [1.54, 1.807) is 4.90 Å². The molecule has 0 saturated carbocycles. The zero-order valence-corrected chi connectivity index (χ0v) is 10.9. The van der Waals surface area contributed by atoms with Crippen LogP contribution in [-0.2, 0) is 0 Å². The van der Waals surface area contributed by atoms with Crippen molar-refractivity contribution in [2.45, 2.75) is 19.3 Å². The second kappa shape index (κ2) is 5.79. The molecule has 0 bridgehead atoms. The summed E-state index contributed by atoms with van der Waals surface area (Å²) in [5.41, 5.74) is 0.141. The van der Waals surface area contributed by atoms with Gasteiger partial charge in [-0.2, -0.15) is 0 Å². The fraction of sp³-hybridized carbons (Fsp3) is 0.455. The number of nitrogens with one attached hydrogen (secondary N) is 1. The zero-order valence-electron chi connectivity index (χ0n) is 10.1. The number of carbonyl (C=O) groups is 2. The standard InChI is InChI=1S/C11H13N3O4S/c15-10(8-6-9(14(17)18)19-7-8)12-11(16)13-4-2-1-3-5-13/h6-7H,1-5H2,(H,12,15,16).